The van der Waals surface area contributed by atoms with Crippen LogP contribution in [0.4, 0.5) is 0 Å². The van der Waals surface area contributed by atoms with Gasteiger partial charge in [0.25, 0.3) is 0 Å². The predicted octanol–water partition coefficient (Wildman–Crippen LogP) is 4.86. The van der Waals surface area contributed by atoms with Crippen molar-refractivity contribution in [3.8, 4) is 0 Å². The summed E-state index contributed by atoms with van der Waals surface area (Å²) in [6, 6.07) is 9.93. The van der Waals surface area contributed by atoms with Crippen molar-refractivity contribution >= 4 is 19.3 Å². The molecule has 1 atom stereocenters. The monoisotopic (exact) mass is 398 g/mol. The molecule has 0 bridgehead atoms. The number of rotatable bonds is 13. The summed E-state index contributed by atoms with van der Waals surface area (Å²) in [6.07, 6.45) is 2.55. The van der Waals surface area contributed by atoms with E-state index in [2.05, 4.69) is 0 Å². The van der Waals surface area contributed by atoms with E-state index in [1.807, 2.05) is 30.3 Å². The lowest BCUT2D eigenvalue weighted by Gasteiger charge is -2.34. The number of carbonyl (C=O) groups is 2. The summed E-state index contributed by atoms with van der Waals surface area (Å²) in [5, 5.41) is 9.19. The molecule has 1 aromatic rings. The van der Waals surface area contributed by atoms with Crippen LogP contribution < -0.4 is 0 Å². The molecule has 0 aliphatic carbocycles. The largest absolute Gasteiger partial charge is 0.481 e. The second-order valence-electron chi connectivity index (χ2n) is 6.57. The maximum absolute atomic E-state index is 13.2. The number of carbonyl (C=O) groups excluding carboxylic acids is 1. The van der Waals surface area contributed by atoms with Crippen LogP contribution in [0.5, 0.6) is 0 Å². The van der Waals surface area contributed by atoms with E-state index in [-0.39, 0.29) is 12.6 Å². The first kappa shape index (κ1) is 23.4. The molecular formula is C20H31O6P. The fraction of sp³-hybridized carbons (Fsp3) is 0.600. The van der Waals surface area contributed by atoms with Crippen molar-refractivity contribution in [3.05, 3.63) is 35.9 Å². The quantitative estimate of drug-likeness (QED) is 0.221. The van der Waals surface area contributed by atoms with Gasteiger partial charge in [0.1, 0.15) is 6.16 Å². The molecule has 0 aliphatic heterocycles. The lowest BCUT2D eigenvalue weighted by atomic mass is 10.1. The van der Waals surface area contributed by atoms with Crippen LogP contribution in [0.15, 0.2) is 30.3 Å². The first-order valence-corrected chi connectivity index (χ1v) is 11.5. The number of carboxylic acid groups (broad SMARTS) is 1. The molecule has 0 spiro atoms. The van der Waals surface area contributed by atoms with Gasteiger partial charge < -0.3 is 9.84 Å². The summed E-state index contributed by atoms with van der Waals surface area (Å²) < 4.78 is 24.4. The number of esters is 1. The summed E-state index contributed by atoms with van der Waals surface area (Å²) >= 11 is 0. The molecule has 0 heterocycles. The van der Waals surface area contributed by atoms with Gasteiger partial charge in [-0.1, -0.05) is 51.1 Å². The summed E-state index contributed by atoms with van der Waals surface area (Å²) in [7, 11) is -3.49. The van der Waals surface area contributed by atoms with E-state index in [4.69, 9.17) is 9.26 Å². The molecule has 27 heavy (non-hydrogen) atoms. The van der Waals surface area contributed by atoms with E-state index >= 15 is 0 Å². The number of benzene rings is 1. The fourth-order valence-corrected chi connectivity index (χ4v) is 5.15. The molecule has 0 fully saturated rings. The Morgan fingerprint density at radius 2 is 1.70 bits per heavy atom. The first-order chi connectivity index (χ1) is 12.8. The van der Waals surface area contributed by atoms with Crippen molar-refractivity contribution in [1.82, 2.24) is 0 Å². The van der Waals surface area contributed by atoms with Crippen LogP contribution >= 0.6 is 7.37 Å². The second-order valence-corrected chi connectivity index (χ2v) is 9.14. The Hall–Kier alpha value is -1.65. The molecule has 1 rings (SSSR count). The number of ether oxygens (including phenoxy) is 1. The lowest BCUT2D eigenvalue weighted by Crippen LogP contribution is -2.37. The zero-order valence-electron chi connectivity index (χ0n) is 16.5. The third-order valence-electron chi connectivity index (χ3n) is 4.43. The number of aliphatic carboxylic acids is 1. The normalized spacial score (nSPS) is 13.7. The van der Waals surface area contributed by atoms with Crippen LogP contribution in [-0.4, -0.2) is 35.2 Å². The molecule has 0 radical (unpaired) electrons. The Kier molecular flexibility index (Phi) is 9.75. The molecule has 6 nitrogen and oxygen atoms in total. The van der Waals surface area contributed by atoms with Crippen LogP contribution in [0.1, 0.15) is 58.4 Å². The Balaban J connectivity index is 2.79. The Bertz CT molecular complexity index is 639. The highest BCUT2D eigenvalue weighted by atomic mass is 31.2. The van der Waals surface area contributed by atoms with Gasteiger partial charge in [0.2, 0.25) is 13.2 Å². The third kappa shape index (κ3) is 8.27. The summed E-state index contributed by atoms with van der Waals surface area (Å²) in [5.41, 5.74) is 1.18. The summed E-state index contributed by atoms with van der Waals surface area (Å²) in [4.78, 5) is 23.0. The van der Waals surface area contributed by atoms with Crippen molar-refractivity contribution in [2.75, 3.05) is 12.3 Å². The molecule has 1 aromatic carbocycles. The molecular weight excluding hydrogens is 367 g/mol. The standard InChI is InChI=1S/C20H31O6P/c1-4-19(23)25-20(5-2,6-3)26-27(24,16-18(21)22)15-11-10-14-17-12-8-7-9-13-17/h7-9,12-13H,4-6,10-11,14-16H2,1-3H3,(H,21,22). The predicted molar refractivity (Wildman–Crippen MR) is 105 cm³/mol. The van der Waals surface area contributed by atoms with Gasteiger partial charge in [0, 0.05) is 25.4 Å². The smallest absolute Gasteiger partial charge is 0.313 e. The number of unbranched alkanes of at least 4 members (excludes halogenated alkanes) is 1. The molecule has 0 saturated carbocycles. The molecule has 0 aliphatic rings. The number of aryl methyl sites for hydroxylation is 1. The highest BCUT2D eigenvalue weighted by molar-refractivity contribution is 7.59. The summed E-state index contributed by atoms with van der Waals surface area (Å²) in [6.45, 7) is 5.21. The second kappa shape index (κ2) is 11.3. The third-order valence-corrected chi connectivity index (χ3v) is 6.85. The van der Waals surface area contributed by atoms with E-state index < -0.39 is 31.3 Å². The van der Waals surface area contributed by atoms with Gasteiger partial charge in [-0.15, -0.1) is 0 Å². The van der Waals surface area contributed by atoms with Gasteiger partial charge in [-0.05, 0) is 24.8 Å². The van der Waals surface area contributed by atoms with Crippen LogP contribution in [-0.2, 0) is 29.8 Å². The van der Waals surface area contributed by atoms with Crippen molar-refractivity contribution in [2.24, 2.45) is 0 Å². The highest BCUT2D eigenvalue weighted by Gasteiger charge is 2.40. The van der Waals surface area contributed by atoms with Crippen LogP contribution in [0, 0.1) is 0 Å². The zero-order valence-corrected chi connectivity index (χ0v) is 17.4. The molecule has 0 aromatic heterocycles. The van der Waals surface area contributed by atoms with E-state index in [1.165, 1.54) is 5.56 Å². The van der Waals surface area contributed by atoms with E-state index in [1.54, 1.807) is 20.8 Å². The van der Waals surface area contributed by atoms with Crippen molar-refractivity contribution in [2.45, 2.75) is 65.1 Å². The topological polar surface area (TPSA) is 89.9 Å². The van der Waals surface area contributed by atoms with Crippen LogP contribution in [0.2, 0.25) is 0 Å². The minimum atomic E-state index is -3.49. The number of carboxylic acids is 1. The van der Waals surface area contributed by atoms with Crippen LogP contribution in [0.25, 0.3) is 0 Å². The Morgan fingerprint density at radius 3 is 2.22 bits per heavy atom. The maximum atomic E-state index is 13.2. The van der Waals surface area contributed by atoms with Gasteiger partial charge in [-0.3, -0.25) is 18.7 Å². The molecule has 1 N–H and O–H groups in total. The fourth-order valence-electron chi connectivity index (χ4n) is 2.81. The van der Waals surface area contributed by atoms with Gasteiger partial charge in [-0.25, -0.2) is 0 Å². The molecule has 7 heteroatoms. The van der Waals surface area contributed by atoms with Gasteiger partial charge >= 0.3 is 11.9 Å². The zero-order chi connectivity index (χ0) is 20.3. The Morgan fingerprint density at radius 1 is 1.07 bits per heavy atom. The van der Waals surface area contributed by atoms with Crippen molar-refractivity contribution in [1.29, 1.82) is 0 Å². The Labute approximate surface area is 161 Å². The number of hydrogen-bond acceptors (Lipinski definition) is 5. The average molecular weight is 398 g/mol. The molecule has 152 valence electrons. The highest BCUT2D eigenvalue weighted by Crippen LogP contribution is 2.52. The SMILES string of the molecule is CCC(=O)OC(CC)(CC)OP(=O)(CCCCc1ccccc1)CC(=O)O. The van der Waals surface area contributed by atoms with Gasteiger partial charge in [0.05, 0.1) is 0 Å². The molecule has 1 unspecified atom stereocenters. The van der Waals surface area contributed by atoms with Crippen LogP contribution in [0.3, 0.4) is 0 Å². The van der Waals surface area contributed by atoms with Crippen molar-refractivity contribution < 1.29 is 28.5 Å². The molecule has 0 amide bonds. The average Bonchev–Trinajstić information content (AvgIpc) is 2.64. The van der Waals surface area contributed by atoms with Gasteiger partial charge in [-0.2, -0.15) is 0 Å². The molecule has 0 saturated heterocycles. The number of hydrogen-bond donors (Lipinski definition) is 1. The van der Waals surface area contributed by atoms with Gasteiger partial charge in [0.15, 0.2) is 0 Å². The first-order valence-electron chi connectivity index (χ1n) is 9.54. The minimum absolute atomic E-state index is 0.150. The van der Waals surface area contributed by atoms with E-state index in [9.17, 15) is 19.3 Å². The van der Waals surface area contributed by atoms with E-state index in [0.717, 1.165) is 12.8 Å². The van der Waals surface area contributed by atoms with E-state index in [0.29, 0.717) is 19.3 Å². The lowest BCUT2D eigenvalue weighted by molar-refractivity contribution is -0.199. The summed E-state index contributed by atoms with van der Waals surface area (Å²) in [5.74, 6) is -2.97. The maximum Gasteiger partial charge on any atom is 0.313 e. The van der Waals surface area contributed by atoms with Crippen molar-refractivity contribution in [3.63, 3.8) is 0 Å². The minimum Gasteiger partial charge on any atom is -0.481 e.